The highest BCUT2D eigenvalue weighted by Gasteiger charge is 2.24. The lowest BCUT2D eigenvalue weighted by atomic mass is 10.0. The minimum Gasteiger partial charge on any atom is -0.493 e. The third-order valence-corrected chi connectivity index (χ3v) is 5.61. The molecule has 1 atom stereocenters. The number of benzene rings is 3. The summed E-state index contributed by atoms with van der Waals surface area (Å²) in [6.07, 6.45) is 0. The Morgan fingerprint density at radius 3 is 2.58 bits per heavy atom. The lowest BCUT2D eigenvalue weighted by Crippen LogP contribution is -2.43. The number of nitrogens with one attached hydrogen (secondary N) is 1. The Hall–Kier alpha value is -2.96. The number of morpholine rings is 1. The van der Waals surface area contributed by atoms with E-state index in [0.717, 1.165) is 29.4 Å². The van der Waals surface area contributed by atoms with Crippen LogP contribution >= 0.6 is 0 Å². The van der Waals surface area contributed by atoms with Crippen molar-refractivity contribution >= 4 is 16.7 Å². The van der Waals surface area contributed by atoms with E-state index in [4.69, 9.17) is 9.47 Å². The molecular formula is C25H27FN2O3. The molecule has 162 valence electrons. The van der Waals surface area contributed by atoms with Gasteiger partial charge in [0.1, 0.15) is 11.6 Å². The lowest BCUT2D eigenvalue weighted by Gasteiger charge is -2.35. The van der Waals surface area contributed by atoms with E-state index in [1.165, 1.54) is 12.1 Å². The number of rotatable bonds is 7. The molecule has 0 aromatic heterocycles. The number of amides is 1. The van der Waals surface area contributed by atoms with Crippen molar-refractivity contribution in [3.8, 4) is 5.75 Å². The second-order valence-corrected chi connectivity index (χ2v) is 7.52. The smallest absolute Gasteiger partial charge is 0.255 e. The normalized spacial score (nSPS) is 15.5. The zero-order chi connectivity index (χ0) is 21.6. The summed E-state index contributed by atoms with van der Waals surface area (Å²) < 4.78 is 24.7. The van der Waals surface area contributed by atoms with Gasteiger partial charge in [0.15, 0.2) is 0 Å². The number of hydrogen-bond donors (Lipinski definition) is 1. The molecule has 1 saturated heterocycles. The summed E-state index contributed by atoms with van der Waals surface area (Å²) in [4.78, 5) is 15.6. The van der Waals surface area contributed by atoms with Crippen LogP contribution in [-0.4, -0.2) is 50.3 Å². The van der Waals surface area contributed by atoms with E-state index < -0.39 is 0 Å². The quantitative estimate of drug-likeness (QED) is 0.621. The number of nitrogens with zero attached hydrogens (tertiary/aromatic N) is 1. The summed E-state index contributed by atoms with van der Waals surface area (Å²) in [5.41, 5.74) is 1.51. The molecule has 5 nitrogen and oxygen atoms in total. The first-order valence-electron chi connectivity index (χ1n) is 10.7. The van der Waals surface area contributed by atoms with Gasteiger partial charge in [0, 0.05) is 19.6 Å². The maximum Gasteiger partial charge on any atom is 0.255 e. The van der Waals surface area contributed by atoms with Gasteiger partial charge in [-0.1, -0.05) is 42.5 Å². The molecule has 0 spiro atoms. The molecule has 6 heteroatoms. The predicted molar refractivity (Wildman–Crippen MR) is 119 cm³/mol. The molecular weight excluding hydrogens is 395 g/mol. The van der Waals surface area contributed by atoms with Crippen LogP contribution in [0.5, 0.6) is 5.75 Å². The molecule has 1 aliphatic heterocycles. The van der Waals surface area contributed by atoms with E-state index in [-0.39, 0.29) is 17.8 Å². The molecule has 3 aromatic carbocycles. The van der Waals surface area contributed by atoms with Crippen molar-refractivity contribution in [2.75, 3.05) is 39.5 Å². The van der Waals surface area contributed by atoms with E-state index in [1.807, 2.05) is 43.3 Å². The Labute approximate surface area is 181 Å². The summed E-state index contributed by atoms with van der Waals surface area (Å²) in [7, 11) is 0. The summed E-state index contributed by atoms with van der Waals surface area (Å²) in [5.74, 6) is 0.120. The number of ether oxygens (including phenoxy) is 2. The Bertz CT molecular complexity index is 1030. The average molecular weight is 423 g/mol. The van der Waals surface area contributed by atoms with Gasteiger partial charge in [-0.3, -0.25) is 9.69 Å². The summed E-state index contributed by atoms with van der Waals surface area (Å²) >= 11 is 0. The third kappa shape index (κ3) is 4.86. The Morgan fingerprint density at radius 2 is 1.84 bits per heavy atom. The van der Waals surface area contributed by atoms with E-state index in [0.29, 0.717) is 37.7 Å². The molecule has 1 N–H and O–H groups in total. The van der Waals surface area contributed by atoms with Crippen molar-refractivity contribution in [2.24, 2.45) is 0 Å². The SMILES string of the molecule is CCOc1ccc2ccccc2c1C(=O)NC[C@H](c1ccc(F)cc1)N1CCOCC1. The third-order valence-electron chi connectivity index (χ3n) is 5.61. The molecule has 0 unspecified atom stereocenters. The largest absolute Gasteiger partial charge is 0.493 e. The molecule has 3 aromatic rings. The highest BCUT2D eigenvalue weighted by molar-refractivity contribution is 6.09. The number of carbonyl (C=O) groups excluding carboxylic acids is 1. The van der Waals surface area contributed by atoms with Crippen molar-refractivity contribution in [1.82, 2.24) is 10.2 Å². The van der Waals surface area contributed by atoms with E-state index >= 15 is 0 Å². The van der Waals surface area contributed by atoms with E-state index in [2.05, 4.69) is 10.2 Å². The molecule has 31 heavy (non-hydrogen) atoms. The van der Waals surface area contributed by atoms with Gasteiger partial charge in [0.25, 0.3) is 5.91 Å². The standard InChI is InChI=1S/C25H27FN2O3/c1-2-31-23-12-9-18-5-3-4-6-21(18)24(23)25(29)27-17-22(28-13-15-30-16-14-28)19-7-10-20(26)11-8-19/h3-12,22H,2,13-17H2,1H3,(H,27,29)/t22-/m1/s1. The maximum atomic E-state index is 13.5. The zero-order valence-electron chi connectivity index (χ0n) is 17.6. The molecule has 1 fully saturated rings. The van der Waals surface area contributed by atoms with E-state index in [9.17, 15) is 9.18 Å². The van der Waals surface area contributed by atoms with Gasteiger partial charge < -0.3 is 14.8 Å². The van der Waals surface area contributed by atoms with Crippen molar-refractivity contribution in [2.45, 2.75) is 13.0 Å². The maximum absolute atomic E-state index is 13.5. The number of hydrogen-bond acceptors (Lipinski definition) is 4. The molecule has 1 aliphatic rings. The van der Waals surface area contributed by atoms with E-state index in [1.54, 1.807) is 12.1 Å². The van der Waals surface area contributed by atoms with Gasteiger partial charge in [0.2, 0.25) is 0 Å². The second-order valence-electron chi connectivity index (χ2n) is 7.52. The first-order chi connectivity index (χ1) is 15.2. The van der Waals surface area contributed by atoms with Crippen molar-refractivity contribution in [1.29, 1.82) is 0 Å². The molecule has 0 radical (unpaired) electrons. The molecule has 0 saturated carbocycles. The minimum atomic E-state index is -0.273. The fourth-order valence-corrected chi connectivity index (χ4v) is 4.07. The monoisotopic (exact) mass is 422 g/mol. The number of fused-ring (bicyclic) bond motifs is 1. The van der Waals surface area contributed by atoms with Crippen LogP contribution in [0.15, 0.2) is 60.7 Å². The zero-order valence-corrected chi connectivity index (χ0v) is 17.6. The van der Waals surface area contributed by atoms with Gasteiger partial charge in [-0.2, -0.15) is 0 Å². The first-order valence-corrected chi connectivity index (χ1v) is 10.7. The van der Waals surface area contributed by atoms with Crippen molar-refractivity contribution < 1.29 is 18.7 Å². The summed E-state index contributed by atoms with van der Waals surface area (Å²) in [6.45, 7) is 5.59. The summed E-state index contributed by atoms with van der Waals surface area (Å²) in [6, 6.07) is 18.0. The van der Waals surface area contributed by atoms with Gasteiger partial charge >= 0.3 is 0 Å². The highest BCUT2D eigenvalue weighted by Crippen LogP contribution is 2.29. The van der Waals surface area contributed by atoms with Crippen LogP contribution < -0.4 is 10.1 Å². The van der Waals surface area contributed by atoms with Crippen LogP contribution in [0.4, 0.5) is 4.39 Å². The molecule has 1 amide bonds. The molecule has 0 bridgehead atoms. The topological polar surface area (TPSA) is 50.8 Å². The van der Waals surface area contributed by atoms with Crippen LogP contribution in [0, 0.1) is 5.82 Å². The Kier molecular flexibility index (Phi) is 6.79. The van der Waals surface area contributed by atoms with Crippen LogP contribution in [0.3, 0.4) is 0 Å². The second kappa shape index (κ2) is 9.90. The Morgan fingerprint density at radius 1 is 1.10 bits per heavy atom. The minimum absolute atomic E-state index is 0.0704. The number of carbonyl (C=O) groups is 1. The summed E-state index contributed by atoms with van der Waals surface area (Å²) in [5, 5.41) is 4.95. The highest BCUT2D eigenvalue weighted by atomic mass is 19.1. The lowest BCUT2D eigenvalue weighted by molar-refractivity contribution is 0.0162. The average Bonchev–Trinajstić information content (AvgIpc) is 2.81. The molecule has 1 heterocycles. The predicted octanol–water partition coefficient (Wildman–Crippen LogP) is 4.18. The van der Waals surface area contributed by atoms with Crippen LogP contribution in [0.2, 0.25) is 0 Å². The molecule has 4 rings (SSSR count). The fourth-order valence-electron chi connectivity index (χ4n) is 4.07. The van der Waals surface area contributed by atoms with Crippen LogP contribution in [0.25, 0.3) is 10.8 Å². The van der Waals surface area contributed by atoms with Gasteiger partial charge in [-0.25, -0.2) is 4.39 Å². The number of halogens is 1. The van der Waals surface area contributed by atoms with Gasteiger partial charge in [-0.15, -0.1) is 0 Å². The fraction of sp³-hybridized carbons (Fsp3) is 0.320. The first kappa shape index (κ1) is 21.3. The van der Waals surface area contributed by atoms with Crippen molar-refractivity contribution in [3.05, 3.63) is 77.6 Å². The van der Waals surface area contributed by atoms with Gasteiger partial charge in [-0.05, 0) is 41.5 Å². The molecule has 0 aliphatic carbocycles. The van der Waals surface area contributed by atoms with Crippen LogP contribution in [0.1, 0.15) is 28.9 Å². The van der Waals surface area contributed by atoms with Crippen LogP contribution in [-0.2, 0) is 4.74 Å². The Balaban J connectivity index is 1.60. The van der Waals surface area contributed by atoms with Crippen molar-refractivity contribution in [3.63, 3.8) is 0 Å². The van der Waals surface area contributed by atoms with Gasteiger partial charge in [0.05, 0.1) is 31.4 Å².